The third-order valence-corrected chi connectivity index (χ3v) is 2.84. The minimum absolute atomic E-state index is 0.150. The monoisotopic (exact) mass is 271 g/mol. The predicted molar refractivity (Wildman–Crippen MR) is 78.3 cm³/mol. The molecular weight excluding hydrogens is 254 g/mol. The van der Waals surface area contributed by atoms with Gasteiger partial charge in [-0.25, -0.2) is 0 Å². The molecule has 0 unspecified atom stereocenters. The lowest BCUT2D eigenvalue weighted by molar-refractivity contribution is 0.0963. The first-order valence-corrected chi connectivity index (χ1v) is 6.23. The van der Waals surface area contributed by atoms with E-state index in [1.54, 1.807) is 37.6 Å². The maximum atomic E-state index is 11.6. The van der Waals surface area contributed by atoms with Crippen LogP contribution in [0.1, 0.15) is 21.7 Å². The molecule has 20 heavy (non-hydrogen) atoms. The molecule has 0 radical (unpaired) electrons. The van der Waals surface area contributed by atoms with Gasteiger partial charge < -0.3 is 16.4 Å². The van der Waals surface area contributed by atoms with Crippen molar-refractivity contribution in [3.05, 3.63) is 47.5 Å². The van der Waals surface area contributed by atoms with Crippen LogP contribution in [0.2, 0.25) is 0 Å². The van der Waals surface area contributed by atoms with Gasteiger partial charge in [0.1, 0.15) is 0 Å². The Bertz CT molecular complexity index is 609. The van der Waals surface area contributed by atoms with Crippen LogP contribution in [0.3, 0.4) is 0 Å². The highest BCUT2D eigenvalue weighted by molar-refractivity contribution is 5.96. The number of nitrogens with two attached hydrogens (primary N) is 1. The van der Waals surface area contributed by atoms with Gasteiger partial charge in [-0.2, -0.15) is 0 Å². The molecule has 0 bridgehead atoms. The third kappa shape index (κ3) is 3.23. The van der Waals surface area contributed by atoms with Gasteiger partial charge in [0, 0.05) is 18.8 Å². The van der Waals surface area contributed by atoms with Crippen molar-refractivity contribution in [3.63, 3.8) is 0 Å². The summed E-state index contributed by atoms with van der Waals surface area (Å²) in [5.74, 6) is -0.150. The number of aromatic nitrogens is 2. The van der Waals surface area contributed by atoms with Gasteiger partial charge in [-0.3, -0.25) is 14.8 Å². The quantitative estimate of drug-likeness (QED) is 0.730. The van der Waals surface area contributed by atoms with Gasteiger partial charge in [-0.05, 0) is 25.1 Å². The Morgan fingerprint density at radius 1 is 1.30 bits per heavy atom. The van der Waals surface area contributed by atoms with Crippen LogP contribution in [0.25, 0.3) is 0 Å². The van der Waals surface area contributed by atoms with Gasteiger partial charge in [0.2, 0.25) is 0 Å². The molecule has 2 aromatic rings. The fraction of sp³-hybridized carbons (Fsp3) is 0.214. The van der Waals surface area contributed by atoms with Crippen LogP contribution >= 0.6 is 0 Å². The molecule has 1 aromatic carbocycles. The molecule has 0 atom stereocenters. The van der Waals surface area contributed by atoms with Gasteiger partial charge in [-0.1, -0.05) is 0 Å². The fourth-order valence-electron chi connectivity index (χ4n) is 1.69. The Hall–Kier alpha value is -2.63. The van der Waals surface area contributed by atoms with Crippen molar-refractivity contribution >= 4 is 17.3 Å². The van der Waals surface area contributed by atoms with Gasteiger partial charge in [0.15, 0.2) is 0 Å². The average Bonchev–Trinajstić information content (AvgIpc) is 2.47. The molecule has 2 rings (SSSR count). The zero-order chi connectivity index (χ0) is 14.5. The number of amides is 1. The Labute approximate surface area is 117 Å². The maximum absolute atomic E-state index is 11.6. The van der Waals surface area contributed by atoms with Crippen molar-refractivity contribution in [3.8, 4) is 0 Å². The van der Waals surface area contributed by atoms with Crippen molar-refractivity contribution < 1.29 is 4.79 Å². The Morgan fingerprint density at radius 3 is 2.75 bits per heavy atom. The van der Waals surface area contributed by atoms with Crippen LogP contribution in [0.15, 0.2) is 30.6 Å². The molecule has 4 N–H and O–H groups in total. The first-order valence-electron chi connectivity index (χ1n) is 6.23. The number of rotatable bonds is 4. The molecule has 104 valence electrons. The normalized spacial score (nSPS) is 10.1. The smallest absolute Gasteiger partial charge is 0.251 e. The Morgan fingerprint density at radius 2 is 2.10 bits per heavy atom. The number of nitrogen functional groups attached to an aromatic ring is 1. The summed E-state index contributed by atoms with van der Waals surface area (Å²) >= 11 is 0. The van der Waals surface area contributed by atoms with E-state index in [9.17, 15) is 4.79 Å². The van der Waals surface area contributed by atoms with E-state index in [1.165, 1.54) is 0 Å². The van der Waals surface area contributed by atoms with Gasteiger partial charge >= 0.3 is 0 Å². The van der Waals surface area contributed by atoms with Crippen LogP contribution in [-0.4, -0.2) is 22.9 Å². The molecule has 6 heteroatoms. The van der Waals surface area contributed by atoms with Crippen molar-refractivity contribution in [1.29, 1.82) is 0 Å². The zero-order valence-electron chi connectivity index (χ0n) is 11.5. The van der Waals surface area contributed by atoms with E-state index < -0.39 is 0 Å². The topological polar surface area (TPSA) is 92.9 Å². The summed E-state index contributed by atoms with van der Waals surface area (Å²) in [6, 6.07) is 5.11. The molecule has 1 heterocycles. The standard InChI is InChI=1S/C14H17N5O/c1-9-6-18-11(7-17-9)8-19-13-5-10(14(20)16-2)3-4-12(13)15/h3-7,19H,8,15H2,1-2H3,(H,16,20). The molecule has 0 fully saturated rings. The predicted octanol–water partition coefficient (Wildman–Crippen LogP) is 1.34. The number of hydrogen-bond acceptors (Lipinski definition) is 5. The minimum Gasteiger partial charge on any atom is -0.397 e. The van der Waals surface area contributed by atoms with Crippen molar-refractivity contribution in [2.24, 2.45) is 0 Å². The largest absolute Gasteiger partial charge is 0.397 e. The van der Waals surface area contributed by atoms with E-state index in [0.29, 0.717) is 23.5 Å². The maximum Gasteiger partial charge on any atom is 0.251 e. The number of aryl methyl sites for hydroxylation is 1. The van der Waals surface area contributed by atoms with Crippen molar-refractivity contribution in [2.75, 3.05) is 18.1 Å². The number of hydrogen-bond donors (Lipinski definition) is 3. The van der Waals surface area contributed by atoms with Crippen LogP contribution in [0.5, 0.6) is 0 Å². The number of benzene rings is 1. The molecule has 0 saturated carbocycles. The van der Waals surface area contributed by atoms with E-state index in [0.717, 1.165) is 11.4 Å². The number of carbonyl (C=O) groups excluding carboxylic acids is 1. The van der Waals surface area contributed by atoms with Crippen LogP contribution in [0, 0.1) is 6.92 Å². The molecule has 0 spiro atoms. The lowest BCUT2D eigenvalue weighted by atomic mass is 10.1. The first kappa shape index (κ1) is 13.8. The lowest BCUT2D eigenvalue weighted by Gasteiger charge is -2.10. The lowest BCUT2D eigenvalue weighted by Crippen LogP contribution is -2.18. The second-order valence-corrected chi connectivity index (χ2v) is 4.38. The van der Waals surface area contributed by atoms with Crippen LogP contribution in [0.4, 0.5) is 11.4 Å². The molecule has 0 aliphatic rings. The van der Waals surface area contributed by atoms with Gasteiger partial charge in [0.25, 0.3) is 5.91 Å². The van der Waals surface area contributed by atoms with E-state index >= 15 is 0 Å². The fourth-order valence-corrected chi connectivity index (χ4v) is 1.69. The van der Waals surface area contributed by atoms with E-state index in [-0.39, 0.29) is 5.91 Å². The number of anilines is 2. The summed E-state index contributed by atoms with van der Waals surface area (Å²) < 4.78 is 0. The van der Waals surface area contributed by atoms with Gasteiger partial charge in [-0.15, -0.1) is 0 Å². The molecule has 6 nitrogen and oxygen atoms in total. The summed E-state index contributed by atoms with van der Waals surface area (Å²) in [6.07, 6.45) is 3.42. The summed E-state index contributed by atoms with van der Waals surface area (Å²) in [7, 11) is 1.59. The van der Waals surface area contributed by atoms with Crippen molar-refractivity contribution in [1.82, 2.24) is 15.3 Å². The number of nitrogens with zero attached hydrogens (tertiary/aromatic N) is 2. The first-order chi connectivity index (χ1) is 9.60. The summed E-state index contributed by atoms with van der Waals surface area (Å²) in [5.41, 5.74) is 9.40. The highest BCUT2D eigenvalue weighted by atomic mass is 16.1. The number of carbonyl (C=O) groups is 1. The van der Waals surface area contributed by atoms with E-state index in [1.807, 2.05) is 6.92 Å². The SMILES string of the molecule is CNC(=O)c1ccc(N)c(NCc2cnc(C)cn2)c1. The molecule has 1 aromatic heterocycles. The van der Waals surface area contributed by atoms with Crippen LogP contribution < -0.4 is 16.4 Å². The second-order valence-electron chi connectivity index (χ2n) is 4.38. The zero-order valence-corrected chi connectivity index (χ0v) is 11.5. The summed E-state index contributed by atoms with van der Waals surface area (Å²) in [4.78, 5) is 20.0. The minimum atomic E-state index is -0.150. The Kier molecular flexibility index (Phi) is 4.14. The molecule has 0 aliphatic carbocycles. The average molecular weight is 271 g/mol. The highest BCUT2D eigenvalue weighted by Crippen LogP contribution is 2.20. The van der Waals surface area contributed by atoms with Crippen molar-refractivity contribution in [2.45, 2.75) is 13.5 Å². The van der Waals surface area contributed by atoms with E-state index in [4.69, 9.17) is 5.73 Å². The van der Waals surface area contributed by atoms with Crippen LogP contribution in [-0.2, 0) is 6.54 Å². The van der Waals surface area contributed by atoms with Gasteiger partial charge in [0.05, 0.1) is 35.5 Å². The highest BCUT2D eigenvalue weighted by Gasteiger charge is 2.07. The van der Waals surface area contributed by atoms with E-state index in [2.05, 4.69) is 20.6 Å². The number of nitrogens with one attached hydrogen (secondary N) is 2. The second kappa shape index (κ2) is 6.01. The Balaban J connectivity index is 2.12. The molecule has 0 saturated heterocycles. The molecule has 1 amide bonds. The third-order valence-electron chi connectivity index (χ3n) is 2.84. The molecular formula is C14H17N5O. The summed E-state index contributed by atoms with van der Waals surface area (Å²) in [6.45, 7) is 2.38. The summed E-state index contributed by atoms with van der Waals surface area (Å²) in [5, 5.41) is 5.74. The molecule has 0 aliphatic heterocycles.